The van der Waals surface area contributed by atoms with Crippen molar-refractivity contribution in [2.45, 2.75) is 32.4 Å². The number of aromatic nitrogens is 2. The van der Waals surface area contributed by atoms with Gasteiger partial charge in [-0.25, -0.2) is 0 Å². The van der Waals surface area contributed by atoms with Crippen LogP contribution in [0.4, 0.5) is 0 Å². The van der Waals surface area contributed by atoms with Gasteiger partial charge >= 0.3 is 0 Å². The first-order valence-corrected chi connectivity index (χ1v) is 6.51. The highest BCUT2D eigenvalue weighted by atomic mass is 15.3. The summed E-state index contributed by atoms with van der Waals surface area (Å²) in [4.78, 5) is 2.45. The fourth-order valence-electron chi connectivity index (χ4n) is 2.77. The van der Waals surface area contributed by atoms with Crippen molar-refractivity contribution in [3.05, 3.63) is 18.0 Å². The van der Waals surface area contributed by atoms with E-state index >= 15 is 0 Å². The van der Waals surface area contributed by atoms with Gasteiger partial charge in [0.15, 0.2) is 0 Å². The summed E-state index contributed by atoms with van der Waals surface area (Å²) in [5.74, 6) is 0.692. The van der Waals surface area contributed by atoms with Crippen molar-refractivity contribution in [3.8, 4) is 0 Å². The van der Waals surface area contributed by atoms with Crippen LogP contribution >= 0.6 is 0 Å². The number of nitrogens with one attached hydrogen (secondary N) is 1. The second-order valence-corrected chi connectivity index (χ2v) is 5.42. The van der Waals surface area contributed by atoms with Crippen molar-refractivity contribution < 1.29 is 0 Å². The van der Waals surface area contributed by atoms with Crippen molar-refractivity contribution in [3.63, 3.8) is 0 Å². The minimum atomic E-state index is 0.508. The summed E-state index contributed by atoms with van der Waals surface area (Å²) in [7, 11) is 4.25. The Morgan fingerprint density at radius 2 is 2.24 bits per heavy atom. The quantitative estimate of drug-likeness (QED) is 0.858. The highest BCUT2D eigenvalue weighted by Crippen LogP contribution is 2.35. The number of hydrogen-bond donors (Lipinski definition) is 1. The molecule has 0 radical (unpaired) electrons. The first-order chi connectivity index (χ1) is 8.09. The van der Waals surface area contributed by atoms with Gasteiger partial charge in [-0.3, -0.25) is 9.58 Å². The molecule has 1 aliphatic heterocycles. The molecular formula is C13H24N4. The third kappa shape index (κ3) is 2.69. The molecule has 0 aromatic carbocycles. The van der Waals surface area contributed by atoms with Crippen molar-refractivity contribution in [1.29, 1.82) is 0 Å². The zero-order valence-corrected chi connectivity index (χ0v) is 11.3. The molecule has 2 heterocycles. The van der Waals surface area contributed by atoms with Crippen molar-refractivity contribution >= 4 is 0 Å². The van der Waals surface area contributed by atoms with Crippen LogP contribution in [0.25, 0.3) is 0 Å². The summed E-state index contributed by atoms with van der Waals surface area (Å²) < 4.78 is 2.01. The van der Waals surface area contributed by atoms with Gasteiger partial charge in [0, 0.05) is 25.8 Å². The lowest BCUT2D eigenvalue weighted by Gasteiger charge is -2.26. The van der Waals surface area contributed by atoms with Crippen LogP contribution < -0.4 is 5.32 Å². The zero-order valence-electron chi connectivity index (χ0n) is 11.3. The molecule has 4 heteroatoms. The van der Waals surface area contributed by atoms with Crippen LogP contribution in [0.15, 0.2) is 12.3 Å². The smallest absolute Gasteiger partial charge is 0.0555 e. The molecule has 2 atom stereocenters. The Morgan fingerprint density at radius 1 is 1.47 bits per heavy atom. The molecule has 1 aromatic heterocycles. The summed E-state index contributed by atoms with van der Waals surface area (Å²) >= 11 is 0. The molecule has 0 bridgehead atoms. The van der Waals surface area contributed by atoms with Gasteiger partial charge < -0.3 is 5.32 Å². The Kier molecular flexibility index (Phi) is 3.84. The number of likely N-dealkylation sites (tertiary alicyclic amines) is 1. The molecular weight excluding hydrogens is 212 g/mol. The van der Waals surface area contributed by atoms with Gasteiger partial charge in [-0.1, -0.05) is 13.8 Å². The monoisotopic (exact) mass is 236 g/mol. The molecule has 1 saturated heterocycles. The molecule has 2 unspecified atom stereocenters. The predicted molar refractivity (Wildman–Crippen MR) is 69.8 cm³/mol. The van der Waals surface area contributed by atoms with Crippen LogP contribution in [-0.2, 0) is 7.05 Å². The Labute approximate surface area is 104 Å². The van der Waals surface area contributed by atoms with Crippen LogP contribution in [-0.4, -0.2) is 40.9 Å². The Morgan fingerprint density at radius 3 is 2.82 bits per heavy atom. The number of aryl methyl sites for hydroxylation is 1. The SMILES string of the molecule is CC(C)NCC1CCN(C)C1c1ccnn1C. The summed E-state index contributed by atoms with van der Waals surface area (Å²) in [5.41, 5.74) is 1.33. The van der Waals surface area contributed by atoms with E-state index < -0.39 is 0 Å². The maximum Gasteiger partial charge on any atom is 0.0555 e. The van der Waals surface area contributed by atoms with Gasteiger partial charge in [0.25, 0.3) is 0 Å². The van der Waals surface area contributed by atoms with Crippen LogP contribution in [0.1, 0.15) is 32.0 Å². The standard InChI is InChI=1S/C13H24N4/c1-10(2)14-9-11-6-8-16(3)13(11)12-5-7-15-17(12)4/h5,7,10-11,13-14H,6,8-9H2,1-4H3. The first kappa shape index (κ1) is 12.6. The van der Waals surface area contributed by atoms with Crippen LogP contribution in [0.2, 0.25) is 0 Å². The van der Waals surface area contributed by atoms with E-state index in [1.54, 1.807) is 0 Å². The van der Waals surface area contributed by atoms with E-state index in [2.05, 4.69) is 42.3 Å². The third-order valence-corrected chi connectivity index (χ3v) is 3.72. The highest BCUT2D eigenvalue weighted by molar-refractivity contribution is 5.11. The molecule has 1 aliphatic rings. The minimum Gasteiger partial charge on any atom is -0.314 e. The predicted octanol–water partition coefficient (Wildman–Crippen LogP) is 1.41. The number of hydrogen-bond acceptors (Lipinski definition) is 3. The third-order valence-electron chi connectivity index (χ3n) is 3.72. The number of nitrogens with zero attached hydrogens (tertiary/aromatic N) is 3. The maximum absolute atomic E-state index is 4.29. The molecule has 1 aromatic rings. The summed E-state index contributed by atoms with van der Waals surface area (Å²) in [6, 6.07) is 3.22. The summed E-state index contributed by atoms with van der Waals surface area (Å²) in [6.07, 6.45) is 3.17. The first-order valence-electron chi connectivity index (χ1n) is 6.51. The van der Waals surface area contributed by atoms with Crippen LogP contribution in [0.5, 0.6) is 0 Å². The molecule has 0 spiro atoms. The second kappa shape index (κ2) is 5.19. The van der Waals surface area contributed by atoms with E-state index in [9.17, 15) is 0 Å². The molecule has 17 heavy (non-hydrogen) atoms. The van der Waals surface area contributed by atoms with E-state index in [0.717, 1.165) is 6.54 Å². The Balaban J connectivity index is 2.09. The summed E-state index contributed by atoms with van der Waals surface area (Å²) in [5, 5.41) is 7.86. The van der Waals surface area contributed by atoms with Crippen molar-refractivity contribution in [1.82, 2.24) is 20.0 Å². The lowest BCUT2D eigenvalue weighted by molar-refractivity contribution is 0.257. The summed E-state index contributed by atoms with van der Waals surface area (Å²) in [6.45, 7) is 6.69. The fourth-order valence-corrected chi connectivity index (χ4v) is 2.77. The molecule has 1 fully saturated rings. The van der Waals surface area contributed by atoms with Crippen molar-refractivity contribution in [2.75, 3.05) is 20.1 Å². The molecule has 0 saturated carbocycles. The van der Waals surface area contributed by atoms with E-state index in [1.165, 1.54) is 18.7 Å². The van der Waals surface area contributed by atoms with Gasteiger partial charge in [-0.15, -0.1) is 0 Å². The topological polar surface area (TPSA) is 33.1 Å². The van der Waals surface area contributed by atoms with Gasteiger partial charge in [-0.05, 0) is 32.0 Å². The molecule has 0 amide bonds. The molecule has 1 N–H and O–H groups in total. The van der Waals surface area contributed by atoms with Gasteiger partial charge in [0.05, 0.1) is 11.7 Å². The average molecular weight is 236 g/mol. The van der Waals surface area contributed by atoms with E-state index in [0.29, 0.717) is 18.0 Å². The van der Waals surface area contributed by atoms with E-state index in [1.807, 2.05) is 17.9 Å². The number of rotatable bonds is 4. The molecule has 2 rings (SSSR count). The van der Waals surface area contributed by atoms with Gasteiger partial charge in [0.1, 0.15) is 0 Å². The lowest BCUT2D eigenvalue weighted by atomic mass is 9.97. The normalized spacial score (nSPS) is 25.9. The van der Waals surface area contributed by atoms with Crippen LogP contribution in [0, 0.1) is 5.92 Å². The average Bonchev–Trinajstić information content (AvgIpc) is 2.82. The van der Waals surface area contributed by atoms with Gasteiger partial charge in [-0.2, -0.15) is 5.10 Å². The Bertz CT molecular complexity index is 358. The molecule has 0 aliphatic carbocycles. The van der Waals surface area contributed by atoms with Crippen molar-refractivity contribution in [2.24, 2.45) is 13.0 Å². The lowest BCUT2D eigenvalue weighted by Crippen LogP contribution is -2.33. The maximum atomic E-state index is 4.29. The molecule has 96 valence electrons. The second-order valence-electron chi connectivity index (χ2n) is 5.42. The van der Waals surface area contributed by atoms with E-state index in [-0.39, 0.29) is 0 Å². The highest BCUT2D eigenvalue weighted by Gasteiger charge is 2.34. The van der Waals surface area contributed by atoms with Gasteiger partial charge in [0.2, 0.25) is 0 Å². The minimum absolute atomic E-state index is 0.508. The Hall–Kier alpha value is -0.870. The van der Waals surface area contributed by atoms with E-state index in [4.69, 9.17) is 0 Å². The largest absolute Gasteiger partial charge is 0.314 e. The van der Waals surface area contributed by atoms with Crippen LogP contribution in [0.3, 0.4) is 0 Å². The molecule has 4 nitrogen and oxygen atoms in total. The fraction of sp³-hybridized carbons (Fsp3) is 0.769. The zero-order chi connectivity index (χ0) is 12.4.